The minimum absolute atomic E-state index is 0.122. The molecule has 2 amide bonds. The Bertz CT molecular complexity index is 865. The minimum Gasteiger partial charge on any atom is -0.495 e. The fraction of sp³-hybridized carbons (Fsp3) is 0.333. The Labute approximate surface area is 175 Å². The highest BCUT2D eigenvalue weighted by atomic mass is 35.5. The van der Waals surface area contributed by atoms with Gasteiger partial charge in [0.2, 0.25) is 11.8 Å². The second kappa shape index (κ2) is 9.62. The summed E-state index contributed by atoms with van der Waals surface area (Å²) in [5.74, 6) is 0.245. The zero-order valence-electron chi connectivity index (χ0n) is 16.6. The molecule has 2 aromatic carbocycles. The molecule has 1 aliphatic heterocycles. The van der Waals surface area contributed by atoms with Gasteiger partial charge >= 0.3 is 0 Å². The lowest BCUT2D eigenvalue weighted by Crippen LogP contribution is -2.48. The van der Waals surface area contributed by atoms with Crippen LogP contribution in [0.2, 0.25) is 5.02 Å². The summed E-state index contributed by atoms with van der Waals surface area (Å²) in [5, 5.41) is 6.32. The zero-order valence-corrected chi connectivity index (χ0v) is 17.3. The van der Waals surface area contributed by atoms with Crippen molar-refractivity contribution in [2.75, 3.05) is 55.4 Å². The number of carbonyl (C=O) groups excluding carboxylic acids is 2. The molecule has 1 heterocycles. The van der Waals surface area contributed by atoms with Crippen LogP contribution in [0.15, 0.2) is 42.5 Å². The number of methoxy groups -OCH3 is 1. The van der Waals surface area contributed by atoms with Crippen molar-refractivity contribution >= 4 is 40.5 Å². The van der Waals surface area contributed by atoms with Crippen LogP contribution in [0, 0.1) is 0 Å². The number of piperazine rings is 1. The van der Waals surface area contributed by atoms with Crippen LogP contribution in [-0.2, 0) is 9.59 Å². The topological polar surface area (TPSA) is 73.9 Å². The molecular formula is C21H25ClN4O3. The van der Waals surface area contributed by atoms with Gasteiger partial charge in [0.05, 0.1) is 19.3 Å². The van der Waals surface area contributed by atoms with Gasteiger partial charge < -0.3 is 20.3 Å². The van der Waals surface area contributed by atoms with E-state index in [0.29, 0.717) is 23.7 Å². The van der Waals surface area contributed by atoms with Crippen LogP contribution in [0.4, 0.5) is 17.1 Å². The molecule has 3 rings (SSSR count). The maximum Gasteiger partial charge on any atom is 0.238 e. The molecule has 1 fully saturated rings. The van der Waals surface area contributed by atoms with Crippen LogP contribution in [0.25, 0.3) is 0 Å². The smallest absolute Gasteiger partial charge is 0.238 e. The molecule has 0 aliphatic carbocycles. The Balaban J connectivity index is 1.55. The predicted octanol–water partition coefficient (Wildman–Crippen LogP) is 3.07. The first kappa shape index (κ1) is 21.0. The van der Waals surface area contributed by atoms with Crippen LogP contribution in [-0.4, -0.2) is 56.5 Å². The number of rotatable bonds is 6. The molecule has 1 saturated heterocycles. The first-order valence-electron chi connectivity index (χ1n) is 9.43. The van der Waals surface area contributed by atoms with Gasteiger partial charge in [-0.25, -0.2) is 0 Å². The molecule has 1 aliphatic rings. The van der Waals surface area contributed by atoms with E-state index >= 15 is 0 Å². The second-order valence-electron chi connectivity index (χ2n) is 6.88. The summed E-state index contributed by atoms with van der Waals surface area (Å²) in [6.07, 6.45) is 0. The maximum absolute atomic E-state index is 12.5. The lowest BCUT2D eigenvalue weighted by Gasteiger charge is -2.35. The SMILES string of the molecule is COc1ccc(NC(C)=O)cc1NC(=O)CN1CCN(c2ccc(Cl)cc2)CC1. The fourth-order valence-electron chi connectivity index (χ4n) is 3.30. The van der Waals surface area contributed by atoms with Crippen LogP contribution in [0.1, 0.15) is 6.92 Å². The van der Waals surface area contributed by atoms with E-state index < -0.39 is 0 Å². The van der Waals surface area contributed by atoms with Gasteiger partial charge in [-0.2, -0.15) is 0 Å². The quantitative estimate of drug-likeness (QED) is 0.757. The van der Waals surface area contributed by atoms with E-state index in [0.717, 1.165) is 36.9 Å². The van der Waals surface area contributed by atoms with Crippen molar-refractivity contribution in [1.82, 2.24) is 4.90 Å². The molecular weight excluding hydrogens is 392 g/mol. The first-order valence-corrected chi connectivity index (χ1v) is 9.81. The van der Waals surface area contributed by atoms with Gasteiger partial charge in [0, 0.05) is 49.5 Å². The Kier molecular flexibility index (Phi) is 6.95. The fourth-order valence-corrected chi connectivity index (χ4v) is 3.42. The monoisotopic (exact) mass is 416 g/mol. The number of carbonyl (C=O) groups is 2. The van der Waals surface area contributed by atoms with Gasteiger partial charge in [-0.1, -0.05) is 11.6 Å². The molecule has 2 aromatic rings. The normalized spacial score (nSPS) is 14.4. The van der Waals surface area contributed by atoms with Gasteiger partial charge in [0.15, 0.2) is 0 Å². The van der Waals surface area contributed by atoms with Crippen LogP contribution in [0.3, 0.4) is 0 Å². The number of benzene rings is 2. The summed E-state index contributed by atoms with van der Waals surface area (Å²) in [6.45, 7) is 5.00. The highest BCUT2D eigenvalue weighted by molar-refractivity contribution is 6.30. The molecule has 0 saturated carbocycles. The van der Waals surface area contributed by atoms with Crippen molar-refractivity contribution in [2.45, 2.75) is 6.92 Å². The number of ether oxygens (including phenoxy) is 1. The summed E-state index contributed by atoms with van der Waals surface area (Å²) < 4.78 is 5.31. The Morgan fingerprint density at radius 2 is 1.72 bits per heavy atom. The molecule has 7 nitrogen and oxygen atoms in total. The van der Waals surface area contributed by atoms with Crippen molar-refractivity contribution < 1.29 is 14.3 Å². The molecule has 0 aromatic heterocycles. The van der Waals surface area contributed by atoms with Gasteiger partial charge in [-0.3, -0.25) is 14.5 Å². The van der Waals surface area contributed by atoms with Gasteiger partial charge in [0.25, 0.3) is 0 Å². The van der Waals surface area contributed by atoms with E-state index in [1.165, 1.54) is 6.92 Å². The van der Waals surface area contributed by atoms with Gasteiger partial charge in [-0.05, 0) is 42.5 Å². The molecule has 2 N–H and O–H groups in total. The first-order chi connectivity index (χ1) is 13.9. The Hall–Kier alpha value is -2.77. The molecule has 8 heteroatoms. The number of nitrogens with one attached hydrogen (secondary N) is 2. The Morgan fingerprint density at radius 3 is 2.34 bits per heavy atom. The van der Waals surface area contributed by atoms with E-state index in [9.17, 15) is 9.59 Å². The van der Waals surface area contributed by atoms with E-state index in [-0.39, 0.29) is 11.8 Å². The molecule has 0 unspecified atom stereocenters. The number of amides is 2. The molecule has 0 bridgehead atoms. The highest BCUT2D eigenvalue weighted by Crippen LogP contribution is 2.28. The van der Waals surface area contributed by atoms with Crippen molar-refractivity contribution in [2.24, 2.45) is 0 Å². The largest absolute Gasteiger partial charge is 0.495 e. The lowest BCUT2D eigenvalue weighted by molar-refractivity contribution is -0.117. The summed E-state index contributed by atoms with van der Waals surface area (Å²) >= 11 is 5.95. The molecule has 154 valence electrons. The average molecular weight is 417 g/mol. The summed E-state index contributed by atoms with van der Waals surface area (Å²) in [7, 11) is 1.54. The zero-order chi connectivity index (χ0) is 20.8. The van der Waals surface area contributed by atoms with Crippen molar-refractivity contribution in [3.8, 4) is 5.75 Å². The molecule has 0 radical (unpaired) electrons. The van der Waals surface area contributed by atoms with Crippen molar-refractivity contribution in [3.05, 3.63) is 47.5 Å². The third-order valence-corrected chi connectivity index (χ3v) is 4.98. The van der Waals surface area contributed by atoms with E-state index in [1.807, 2.05) is 24.3 Å². The highest BCUT2D eigenvalue weighted by Gasteiger charge is 2.20. The minimum atomic E-state index is -0.175. The van der Waals surface area contributed by atoms with E-state index in [4.69, 9.17) is 16.3 Å². The van der Waals surface area contributed by atoms with Crippen LogP contribution in [0.5, 0.6) is 5.75 Å². The third kappa shape index (κ3) is 5.85. The molecule has 0 spiro atoms. The number of anilines is 3. The summed E-state index contributed by atoms with van der Waals surface area (Å²) in [5.41, 5.74) is 2.27. The molecule has 0 atom stereocenters. The predicted molar refractivity (Wildman–Crippen MR) is 116 cm³/mol. The standard InChI is InChI=1S/C21H25ClN4O3/c1-15(27)23-17-5-8-20(29-2)19(13-17)24-21(28)14-25-9-11-26(12-10-25)18-6-3-16(22)4-7-18/h3-8,13H,9-12,14H2,1-2H3,(H,23,27)(H,24,28). The maximum atomic E-state index is 12.5. The van der Waals surface area contributed by atoms with Gasteiger partial charge in [-0.15, -0.1) is 0 Å². The van der Waals surface area contributed by atoms with Crippen LogP contribution >= 0.6 is 11.6 Å². The average Bonchev–Trinajstić information content (AvgIpc) is 2.69. The second-order valence-corrected chi connectivity index (χ2v) is 7.32. The van der Waals surface area contributed by atoms with E-state index in [1.54, 1.807) is 25.3 Å². The summed E-state index contributed by atoms with van der Waals surface area (Å²) in [6, 6.07) is 12.9. The third-order valence-electron chi connectivity index (χ3n) is 4.73. The Morgan fingerprint density at radius 1 is 1.03 bits per heavy atom. The lowest BCUT2D eigenvalue weighted by atomic mass is 10.2. The van der Waals surface area contributed by atoms with E-state index in [2.05, 4.69) is 20.4 Å². The number of hydrogen-bond donors (Lipinski definition) is 2. The summed E-state index contributed by atoms with van der Waals surface area (Å²) in [4.78, 5) is 28.2. The van der Waals surface area contributed by atoms with Crippen molar-refractivity contribution in [1.29, 1.82) is 0 Å². The van der Waals surface area contributed by atoms with Crippen molar-refractivity contribution in [3.63, 3.8) is 0 Å². The van der Waals surface area contributed by atoms with Crippen LogP contribution < -0.4 is 20.3 Å². The van der Waals surface area contributed by atoms with Gasteiger partial charge in [0.1, 0.15) is 5.75 Å². The number of nitrogens with zero attached hydrogens (tertiary/aromatic N) is 2. The number of halogens is 1. The molecule has 29 heavy (non-hydrogen) atoms. The number of hydrogen-bond acceptors (Lipinski definition) is 5.